The SMILES string of the molecule is CCOC(c1ccccc1)c1ncc(CCN)cn1. The lowest BCUT2D eigenvalue weighted by Gasteiger charge is -2.16. The summed E-state index contributed by atoms with van der Waals surface area (Å²) < 4.78 is 5.76. The Hall–Kier alpha value is -1.78. The van der Waals surface area contributed by atoms with Gasteiger partial charge in [0.05, 0.1) is 0 Å². The second-order valence-electron chi connectivity index (χ2n) is 4.23. The number of hydrogen-bond acceptors (Lipinski definition) is 4. The van der Waals surface area contributed by atoms with E-state index in [4.69, 9.17) is 10.5 Å². The number of nitrogens with zero attached hydrogens (tertiary/aromatic N) is 2. The molecule has 0 saturated carbocycles. The zero-order valence-corrected chi connectivity index (χ0v) is 11.1. The Morgan fingerprint density at radius 2 is 1.84 bits per heavy atom. The molecular formula is C15H19N3O. The van der Waals surface area contributed by atoms with E-state index in [9.17, 15) is 0 Å². The van der Waals surface area contributed by atoms with Gasteiger partial charge in [-0.15, -0.1) is 0 Å². The van der Waals surface area contributed by atoms with E-state index in [1.54, 1.807) is 0 Å². The molecule has 1 unspecified atom stereocenters. The molecule has 4 nitrogen and oxygen atoms in total. The van der Waals surface area contributed by atoms with Crippen LogP contribution in [-0.4, -0.2) is 23.1 Å². The van der Waals surface area contributed by atoms with Crippen molar-refractivity contribution in [2.75, 3.05) is 13.2 Å². The summed E-state index contributed by atoms with van der Waals surface area (Å²) in [6.07, 6.45) is 4.23. The molecule has 2 aromatic rings. The number of aromatic nitrogens is 2. The van der Waals surface area contributed by atoms with E-state index in [1.165, 1.54) is 0 Å². The van der Waals surface area contributed by atoms with Gasteiger partial charge in [-0.05, 0) is 31.0 Å². The van der Waals surface area contributed by atoms with E-state index < -0.39 is 0 Å². The highest BCUT2D eigenvalue weighted by atomic mass is 16.5. The average Bonchev–Trinajstić information content (AvgIpc) is 2.47. The van der Waals surface area contributed by atoms with Gasteiger partial charge in [0.2, 0.25) is 0 Å². The standard InChI is InChI=1S/C15H19N3O/c1-2-19-14(13-6-4-3-5-7-13)15-17-10-12(8-9-16)11-18-15/h3-7,10-11,14H,2,8-9,16H2,1H3. The molecular weight excluding hydrogens is 238 g/mol. The Labute approximate surface area is 113 Å². The van der Waals surface area contributed by atoms with E-state index in [0.29, 0.717) is 19.0 Å². The molecule has 0 aliphatic carbocycles. The molecule has 0 aliphatic rings. The first kappa shape index (κ1) is 13.6. The third kappa shape index (κ3) is 3.59. The summed E-state index contributed by atoms with van der Waals surface area (Å²) in [5.74, 6) is 0.689. The molecule has 100 valence electrons. The van der Waals surface area contributed by atoms with Crippen LogP contribution in [0.3, 0.4) is 0 Å². The minimum Gasteiger partial charge on any atom is -0.366 e. The van der Waals surface area contributed by atoms with E-state index in [1.807, 2.05) is 49.6 Å². The molecule has 0 saturated heterocycles. The van der Waals surface area contributed by atoms with Crippen LogP contribution in [0.4, 0.5) is 0 Å². The van der Waals surface area contributed by atoms with Crippen LogP contribution in [0.15, 0.2) is 42.7 Å². The first-order chi connectivity index (χ1) is 9.35. The molecule has 4 heteroatoms. The third-order valence-electron chi connectivity index (χ3n) is 2.83. The zero-order valence-electron chi connectivity index (χ0n) is 11.1. The van der Waals surface area contributed by atoms with Gasteiger partial charge >= 0.3 is 0 Å². The van der Waals surface area contributed by atoms with Gasteiger partial charge in [-0.2, -0.15) is 0 Å². The number of benzene rings is 1. The number of hydrogen-bond donors (Lipinski definition) is 1. The van der Waals surface area contributed by atoms with Crippen LogP contribution in [0.5, 0.6) is 0 Å². The fourth-order valence-electron chi connectivity index (χ4n) is 1.91. The highest BCUT2D eigenvalue weighted by Crippen LogP contribution is 2.22. The number of rotatable bonds is 6. The van der Waals surface area contributed by atoms with Crippen molar-refractivity contribution in [1.82, 2.24) is 9.97 Å². The van der Waals surface area contributed by atoms with Gasteiger partial charge in [0.1, 0.15) is 6.10 Å². The van der Waals surface area contributed by atoms with Crippen LogP contribution >= 0.6 is 0 Å². The maximum absolute atomic E-state index is 5.76. The second kappa shape index (κ2) is 6.97. The van der Waals surface area contributed by atoms with Gasteiger partial charge < -0.3 is 10.5 Å². The van der Waals surface area contributed by atoms with Crippen molar-refractivity contribution in [2.24, 2.45) is 5.73 Å². The summed E-state index contributed by atoms with van der Waals surface area (Å²) in [6, 6.07) is 10.0. The van der Waals surface area contributed by atoms with Gasteiger partial charge in [0, 0.05) is 19.0 Å². The molecule has 2 N–H and O–H groups in total. The maximum atomic E-state index is 5.76. The van der Waals surface area contributed by atoms with Crippen molar-refractivity contribution in [2.45, 2.75) is 19.4 Å². The first-order valence-electron chi connectivity index (χ1n) is 6.52. The van der Waals surface area contributed by atoms with Crippen molar-refractivity contribution in [3.8, 4) is 0 Å². The molecule has 0 amide bonds. The minimum atomic E-state index is -0.210. The second-order valence-corrected chi connectivity index (χ2v) is 4.23. The molecule has 19 heavy (non-hydrogen) atoms. The molecule has 0 fully saturated rings. The smallest absolute Gasteiger partial charge is 0.161 e. The van der Waals surface area contributed by atoms with Crippen molar-refractivity contribution in [3.63, 3.8) is 0 Å². The predicted octanol–water partition coefficient (Wildman–Crippen LogP) is 2.10. The van der Waals surface area contributed by atoms with Crippen LogP contribution in [0.1, 0.15) is 30.0 Å². The Kier molecular flexibility index (Phi) is 5.01. The predicted molar refractivity (Wildman–Crippen MR) is 74.7 cm³/mol. The zero-order chi connectivity index (χ0) is 13.5. The fraction of sp³-hybridized carbons (Fsp3) is 0.333. The normalized spacial score (nSPS) is 12.3. The molecule has 0 spiro atoms. The summed E-state index contributed by atoms with van der Waals surface area (Å²) in [4.78, 5) is 8.80. The average molecular weight is 257 g/mol. The Morgan fingerprint density at radius 1 is 1.16 bits per heavy atom. The van der Waals surface area contributed by atoms with Crippen molar-refractivity contribution in [1.29, 1.82) is 0 Å². The van der Waals surface area contributed by atoms with E-state index in [-0.39, 0.29) is 6.10 Å². The third-order valence-corrected chi connectivity index (χ3v) is 2.83. The van der Waals surface area contributed by atoms with Gasteiger partial charge in [-0.3, -0.25) is 0 Å². The van der Waals surface area contributed by atoms with E-state index >= 15 is 0 Å². The number of ether oxygens (including phenoxy) is 1. The Bertz CT molecular complexity index is 485. The summed E-state index contributed by atoms with van der Waals surface area (Å²) >= 11 is 0. The molecule has 0 radical (unpaired) electrons. The molecule has 1 atom stereocenters. The van der Waals surface area contributed by atoms with Gasteiger partial charge in [0.15, 0.2) is 5.82 Å². The highest BCUT2D eigenvalue weighted by molar-refractivity contribution is 5.23. The summed E-state index contributed by atoms with van der Waals surface area (Å²) in [5, 5.41) is 0. The molecule has 1 aromatic heterocycles. The molecule has 2 rings (SSSR count). The summed E-state index contributed by atoms with van der Waals surface area (Å²) in [6.45, 7) is 3.20. The first-order valence-corrected chi connectivity index (χ1v) is 6.52. The van der Waals surface area contributed by atoms with Crippen molar-refractivity contribution < 1.29 is 4.74 Å². The minimum absolute atomic E-state index is 0.210. The topological polar surface area (TPSA) is 61.0 Å². The Morgan fingerprint density at radius 3 is 2.42 bits per heavy atom. The van der Waals surface area contributed by atoms with E-state index in [2.05, 4.69) is 9.97 Å². The monoisotopic (exact) mass is 257 g/mol. The molecule has 1 heterocycles. The fourth-order valence-corrected chi connectivity index (χ4v) is 1.91. The molecule has 1 aromatic carbocycles. The van der Waals surface area contributed by atoms with Gasteiger partial charge in [-0.1, -0.05) is 30.3 Å². The van der Waals surface area contributed by atoms with Crippen molar-refractivity contribution in [3.05, 3.63) is 59.7 Å². The van der Waals surface area contributed by atoms with E-state index in [0.717, 1.165) is 17.5 Å². The van der Waals surface area contributed by atoms with Gasteiger partial charge in [-0.25, -0.2) is 9.97 Å². The van der Waals surface area contributed by atoms with Crippen LogP contribution in [0.25, 0.3) is 0 Å². The molecule has 0 aliphatic heterocycles. The van der Waals surface area contributed by atoms with Crippen LogP contribution in [0, 0.1) is 0 Å². The quantitative estimate of drug-likeness (QED) is 0.861. The Balaban J connectivity index is 2.24. The van der Waals surface area contributed by atoms with Crippen LogP contribution in [-0.2, 0) is 11.2 Å². The van der Waals surface area contributed by atoms with Crippen LogP contribution in [0.2, 0.25) is 0 Å². The van der Waals surface area contributed by atoms with Gasteiger partial charge in [0.25, 0.3) is 0 Å². The molecule has 0 bridgehead atoms. The number of nitrogens with two attached hydrogens (primary N) is 1. The van der Waals surface area contributed by atoms with Crippen LogP contribution < -0.4 is 5.73 Å². The summed E-state index contributed by atoms with van der Waals surface area (Å²) in [5.41, 5.74) is 7.63. The lowest BCUT2D eigenvalue weighted by atomic mass is 10.1. The lowest BCUT2D eigenvalue weighted by Crippen LogP contribution is -2.11. The summed E-state index contributed by atoms with van der Waals surface area (Å²) in [7, 11) is 0. The lowest BCUT2D eigenvalue weighted by molar-refractivity contribution is 0.0850. The maximum Gasteiger partial charge on any atom is 0.161 e. The highest BCUT2D eigenvalue weighted by Gasteiger charge is 2.16. The largest absolute Gasteiger partial charge is 0.366 e. The van der Waals surface area contributed by atoms with Crippen molar-refractivity contribution >= 4 is 0 Å².